The van der Waals surface area contributed by atoms with E-state index in [4.69, 9.17) is 9.15 Å². The molecule has 5 heteroatoms. The highest BCUT2D eigenvalue weighted by Gasteiger charge is 2.07. The van der Waals surface area contributed by atoms with Crippen molar-refractivity contribution in [1.29, 1.82) is 0 Å². The van der Waals surface area contributed by atoms with Crippen molar-refractivity contribution >= 4 is 0 Å². The number of hydrogen-bond acceptors (Lipinski definition) is 4. The molecule has 1 aromatic carbocycles. The van der Waals surface area contributed by atoms with Gasteiger partial charge in [0.2, 0.25) is 0 Å². The summed E-state index contributed by atoms with van der Waals surface area (Å²) in [6, 6.07) is 9.75. The number of ether oxygens (including phenoxy) is 1. The van der Waals surface area contributed by atoms with E-state index in [-0.39, 0.29) is 12.4 Å². The first kappa shape index (κ1) is 13.6. The number of benzene rings is 1. The van der Waals surface area contributed by atoms with Crippen LogP contribution in [0, 0.1) is 5.82 Å². The molecule has 0 fully saturated rings. The Morgan fingerprint density at radius 3 is 2.84 bits per heavy atom. The van der Waals surface area contributed by atoms with E-state index in [1.807, 2.05) is 6.07 Å². The molecule has 1 atom stereocenters. The minimum atomic E-state index is -0.713. The highest BCUT2D eigenvalue weighted by molar-refractivity contribution is 5.23. The van der Waals surface area contributed by atoms with Crippen molar-refractivity contribution in [3.63, 3.8) is 0 Å². The van der Waals surface area contributed by atoms with Crippen LogP contribution < -0.4 is 10.1 Å². The van der Waals surface area contributed by atoms with Crippen LogP contribution in [0.1, 0.15) is 5.76 Å². The third kappa shape index (κ3) is 4.39. The van der Waals surface area contributed by atoms with Crippen molar-refractivity contribution in [2.24, 2.45) is 0 Å². The summed E-state index contributed by atoms with van der Waals surface area (Å²) in [6.07, 6.45) is 0.879. The normalized spacial score (nSPS) is 12.3. The quantitative estimate of drug-likeness (QED) is 0.803. The summed E-state index contributed by atoms with van der Waals surface area (Å²) in [5.41, 5.74) is 0. The zero-order valence-corrected chi connectivity index (χ0v) is 10.4. The molecule has 2 rings (SSSR count). The van der Waals surface area contributed by atoms with Crippen molar-refractivity contribution in [1.82, 2.24) is 5.32 Å². The molecule has 19 heavy (non-hydrogen) atoms. The number of aliphatic hydroxyl groups excluding tert-OH is 1. The molecule has 0 aliphatic carbocycles. The lowest BCUT2D eigenvalue weighted by Gasteiger charge is -2.13. The van der Waals surface area contributed by atoms with Crippen molar-refractivity contribution < 1.29 is 18.7 Å². The van der Waals surface area contributed by atoms with Crippen molar-refractivity contribution in [3.05, 3.63) is 54.2 Å². The molecule has 0 amide bonds. The van der Waals surface area contributed by atoms with Gasteiger partial charge in [-0.25, -0.2) is 4.39 Å². The number of hydrogen-bond donors (Lipinski definition) is 2. The number of rotatable bonds is 7. The molecule has 102 valence electrons. The second-order valence-electron chi connectivity index (χ2n) is 4.11. The molecule has 0 radical (unpaired) electrons. The van der Waals surface area contributed by atoms with Gasteiger partial charge in [0.25, 0.3) is 0 Å². The van der Waals surface area contributed by atoms with E-state index in [9.17, 15) is 9.50 Å². The lowest BCUT2D eigenvalue weighted by molar-refractivity contribution is 0.103. The van der Waals surface area contributed by atoms with Crippen LogP contribution in [0.2, 0.25) is 0 Å². The van der Waals surface area contributed by atoms with Gasteiger partial charge in [-0.3, -0.25) is 0 Å². The molecule has 0 saturated heterocycles. The van der Waals surface area contributed by atoms with Crippen LogP contribution in [0.4, 0.5) is 4.39 Å². The van der Waals surface area contributed by atoms with E-state index in [0.717, 1.165) is 5.76 Å². The standard InChI is InChI=1S/C14H16FNO3/c15-13-5-1-2-6-14(13)19-10-11(17)8-16-9-12-4-3-7-18-12/h1-7,11,16-17H,8-10H2. The monoisotopic (exact) mass is 265 g/mol. The fourth-order valence-electron chi connectivity index (χ4n) is 1.58. The Morgan fingerprint density at radius 2 is 2.11 bits per heavy atom. The van der Waals surface area contributed by atoms with Crippen LogP contribution in [0.25, 0.3) is 0 Å². The van der Waals surface area contributed by atoms with Crippen LogP contribution >= 0.6 is 0 Å². The second-order valence-corrected chi connectivity index (χ2v) is 4.11. The van der Waals surface area contributed by atoms with Crippen LogP contribution in [-0.2, 0) is 6.54 Å². The molecule has 0 aliphatic rings. The fraction of sp³-hybridized carbons (Fsp3) is 0.286. The molecule has 1 aromatic heterocycles. The van der Waals surface area contributed by atoms with Crippen molar-refractivity contribution in [2.75, 3.05) is 13.2 Å². The van der Waals surface area contributed by atoms with Gasteiger partial charge in [0.05, 0.1) is 12.8 Å². The van der Waals surface area contributed by atoms with Gasteiger partial charge in [-0.15, -0.1) is 0 Å². The number of aliphatic hydroxyl groups is 1. The predicted octanol–water partition coefficient (Wildman–Crippen LogP) is 1.95. The summed E-state index contributed by atoms with van der Waals surface area (Å²) < 4.78 is 23.6. The van der Waals surface area contributed by atoms with E-state index >= 15 is 0 Å². The van der Waals surface area contributed by atoms with E-state index in [1.165, 1.54) is 12.1 Å². The van der Waals surface area contributed by atoms with Crippen LogP contribution in [0.15, 0.2) is 47.1 Å². The third-order valence-electron chi connectivity index (χ3n) is 2.53. The average molecular weight is 265 g/mol. The first-order chi connectivity index (χ1) is 9.25. The highest BCUT2D eigenvalue weighted by Crippen LogP contribution is 2.15. The van der Waals surface area contributed by atoms with Crippen LogP contribution in [0.3, 0.4) is 0 Å². The maximum absolute atomic E-state index is 13.2. The summed E-state index contributed by atoms with van der Waals surface area (Å²) in [5, 5.41) is 12.7. The van der Waals surface area contributed by atoms with Crippen LogP contribution in [0.5, 0.6) is 5.75 Å². The van der Waals surface area contributed by atoms with Gasteiger partial charge in [-0.1, -0.05) is 12.1 Å². The maximum atomic E-state index is 13.2. The SMILES string of the molecule is OC(CNCc1ccco1)COc1ccccc1F. The number of para-hydroxylation sites is 1. The van der Waals surface area contributed by atoms with E-state index in [1.54, 1.807) is 24.5 Å². The number of nitrogens with one attached hydrogen (secondary N) is 1. The van der Waals surface area contributed by atoms with Gasteiger partial charge in [0, 0.05) is 6.54 Å². The van der Waals surface area contributed by atoms with Gasteiger partial charge in [-0.05, 0) is 24.3 Å². The maximum Gasteiger partial charge on any atom is 0.165 e. The van der Waals surface area contributed by atoms with Gasteiger partial charge < -0.3 is 19.6 Å². The third-order valence-corrected chi connectivity index (χ3v) is 2.53. The molecule has 0 aliphatic heterocycles. The number of furan rings is 1. The fourth-order valence-corrected chi connectivity index (χ4v) is 1.58. The first-order valence-corrected chi connectivity index (χ1v) is 6.04. The van der Waals surface area contributed by atoms with E-state index < -0.39 is 11.9 Å². The minimum absolute atomic E-state index is 0.0338. The Balaban J connectivity index is 1.67. The second kappa shape index (κ2) is 6.92. The Hall–Kier alpha value is -1.85. The molecule has 0 bridgehead atoms. The van der Waals surface area contributed by atoms with Crippen LogP contribution in [-0.4, -0.2) is 24.4 Å². The molecular weight excluding hydrogens is 249 g/mol. The summed E-state index contributed by atoms with van der Waals surface area (Å²) in [4.78, 5) is 0. The lowest BCUT2D eigenvalue weighted by atomic mass is 10.3. The summed E-state index contributed by atoms with van der Waals surface area (Å²) >= 11 is 0. The van der Waals surface area contributed by atoms with Crippen molar-refractivity contribution in [3.8, 4) is 5.75 Å². The topological polar surface area (TPSA) is 54.6 Å². The Labute approximate surface area is 110 Å². The number of halogens is 1. The largest absolute Gasteiger partial charge is 0.488 e. The Bertz CT molecular complexity index is 487. The first-order valence-electron chi connectivity index (χ1n) is 6.04. The average Bonchev–Trinajstić information content (AvgIpc) is 2.91. The zero-order chi connectivity index (χ0) is 13.5. The van der Waals surface area contributed by atoms with Gasteiger partial charge in [0.1, 0.15) is 18.5 Å². The predicted molar refractivity (Wildman–Crippen MR) is 68.3 cm³/mol. The van der Waals surface area contributed by atoms with Gasteiger partial charge in [0.15, 0.2) is 11.6 Å². The smallest absolute Gasteiger partial charge is 0.165 e. The van der Waals surface area contributed by atoms with E-state index in [0.29, 0.717) is 13.1 Å². The molecule has 1 heterocycles. The molecule has 2 N–H and O–H groups in total. The molecule has 0 saturated carbocycles. The minimum Gasteiger partial charge on any atom is -0.488 e. The molecule has 4 nitrogen and oxygen atoms in total. The van der Waals surface area contributed by atoms with Crippen molar-refractivity contribution in [2.45, 2.75) is 12.6 Å². The zero-order valence-electron chi connectivity index (χ0n) is 10.4. The highest BCUT2D eigenvalue weighted by atomic mass is 19.1. The Kier molecular flexibility index (Phi) is 4.94. The molecule has 1 unspecified atom stereocenters. The van der Waals surface area contributed by atoms with E-state index in [2.05, 4.69) is 5.32 Å². The lowest BCUT2D eigenvalue weighted by Crippen LogP contribution is -2.31. The summed E-state index contributed by atoms with van der Waals surface area (Å²) in [7, 11) is 0. The summed E-state index contributed by atoms with van der Waals surface area (Å²) in [6.45, 7) is 0.908. The molecule has 2 aromatic rings. The Morgan fingerprint density at radius 1 is 1.26 bits per heavy atom. The van der Waals surface area contributed by atoms with Gasteiger partial charge >= 0.3 is 0 Å². The molecule has 0 spiro atoms. The summed E-state index contributed by atoms with van der Waals surface area (Å²) in [5.74, 6) is 0.507. The molecular formula is C14H16FNO3. The van der Waals surface area contributed by atoms with Gasteiger partial charge in [-0.2, -0.15) is 0 Å².